The van der Waals surface area contributed by atoms with Gasteiger partial charge in [0.05, 0.1) is 6.20 Å². The summed E-state index contributed by atoms with van der Waals surface area (Å²) in [5, 5.41) is 3.15. The van der Waals surface area contributed by atoms with Gasteiger partial charge in [0.1, 0.15) is 5.82 Å². The molecule has 0 saturated heterocycles. The van der Waals surface area contributed by atoms with Gasteiger partial charge in [-0.1, -0.05) is 12.1 Å². The first-order valence-corrected chi connectivity index (χ1v) is 6.79. The second-order valence-corrected chi connectivity index (χ2v) is 5.31. The van der Waals surface area contributed by atoms with E-state index in [2.05, 4.69) is 57.2 Å². The Morgan fingerprint density at radius 1 is 1.28 bits per heavy atom. The second-order valence-electron chi connectivity index (χ2n) is 4.07. The van der Waals surface area contributed by atoms with Crippen LogP contribution in [0.3, 0.4) is 0 Å². The van der Waals surface area contributed by atoms with Crippen LogP contribution < -0.4 is 5.32 Å². The van der Waals surface area contributed by atoms with E-state index in [0.717, 1.165) is 6.42 Å². The van der Waals surface area contributed by atoms with Crippen molar-refractivity contribution < 1.29 is 4.39 Å². The second kappa shape index (κ2) is 6.24. The summed E-state index contributed by atoms with van der Waals surface area (Å²) in [6.45, 7) is 0. The first kappa shape index (κ1) is 13.4. The van der Waals surface area contributed by atoms with E-state index in [1.54, 1.807) is 12.3 Å². The summed E-state index contributed by atoms with van der Waals surface area (Å²) in [7, 11) is 1.84. The number of pyridine rings is 1. The van der Waals surface area contributed by atoms with E-state index >= 15 is 0 Å². The molecule has 0 aliphatic heterocycles. The van der Waals surface area contributed by atoms with Crippen molar-refractivity contribution in [2.45, 2.75) is 12.5 Å². The maximum Gasteiger partial charge on any atom is 0.146 e. The monoisotopic (exact) mass is 356 g/mol. The molecule has 0 fully saturated rings. The van der Waals surface area contributed by atoms with Gasteiger partial charge in [0, 0.05) is 21.4 Å². The number of nitrogens with zero attached hydrogens (tertiary/aromatic N) is 1. The predicted molar refractivity (Wildman–Crippen MR) is 78.9 cm³/mol. The first-order chi connectivity index (χ1) is 8.70. The average Bonchev–Trinajstić information content (AvgIpc) is 2.39. The van der Waals surface area contributed by atoms with Gasteiger partial charge in [0.25, 0.3) is 0 Å². The van der Waals surface area contributed by atoms with Gasteiger partial charge in [-0.2, -0.15) is 0 Å². The van der Waals surface area contributed by atoms with Gasteiger partial charge >= 0.3 is 0 Å². The van der Waals surface area contributed by atoms with E-state index < -0.39 is 0 Å². The molecule has 0 aliphatic carbocycles. The van der Waals surface area contributed by atoms with Crippen LogP contribution in [-0.2, 0) is 6.42 Å². The van der Waals surface area contributed by atoms with E-state index in [0.29, 0.717) is 5.56 Å². The highest BCUT2D eigenvalue weighted by atomic mass is 127. The van der Waals surface area contributed by atoms with E-state index in [9.17, 15) is 4.39 Å². The number of hydrogen-bond acceptors (Lipinski definition) is 2. The summed E-state index contributed by atoms with van der Waals surface area (Å²) in [4.78, 5) is 3.78. The minimum atomic E-state index is -0.262. The Hall–Kier alpha value is -1.01. The fourth-order valence-electron chi connectivity index (χ4n) is 1.89. The van der Waals surface area contributed by atoms with Gasteiger partial charge < -0.3 is 5.32 Å². The molecule has 0 saturated carbocycles. The summed E-state index contributed by atoms with van der Waals surface area (Å²) in [6.07, 6.45) is 3.64. The number of aromatic nitrogens is 1. The van der Waals surface area contributed by atoms with Crippen LogP contribution in [0.4, 0.5) is 4.39 Å². The Morgan fingerprint density at radius 3 is 2.61 bits per heavy atom. The van der Waals surface area contributed by atoms with E-state index in [1.807, 2.05) is 7.05 Å². The van der Waals surface area contributed by atoms with E-state index in [-0.39, 0.29) is 11.9 Å². The standard InChI is InChI=1S/C14H14FIN2/c1-17-14(12-6-7-18-9-13(12)15)8-10-2-4-11(16)5-3-10/h2-7,9,14,17H,8H2,1H3. The Kier molecular flexibility index (Phi) is 4.66. The van der Waals surface area contributed by atoms with Crippen molar-refractivity contribution in [3.63, 3.8) is 0 Å². The Bertz CT molecular complexity index is 513. The lowest BCUT2D eigenvalue weighted by atomic mass is 9.99. The van der Waals surface area contributed by atoms with E-state index in [1.165, 1.54) is 15.3 Å². The van der Waals surface area contributed by atoms with Crippen LogP contribution in [-0.4, -0.2) is 12.0 Å². The van der Waals surface area contributed by atoms with Crippen molar-refractivity contribution in [1.82, 2.24) is 10.3 Å². The third-order valence-corrected chi connectivity index (χ3v) is 3.60. The number of likely N-dealkylation sites (N-methyl/N-ethyl adjacent to an activating group) is 1. The Balaban J connectivity index is 2.20. The third-order valence-electron chi connectivity index (χ3n) is 2.88. The van der Waals surface area contributed by atoms with Crippen molar-refractivity contribution in [1.29, 1.82) is 0 Å². The number of rotatable bonds is 4. The van der Waals surface area contributed by atoms with Crippen LogP contribution in [0, 0.1) is 9.39 Å². The number of hydrogen-bond donors (Lipinski definition) is 1. The number of nitrogens with one attached hydrogen (secondary N) is 1. The Morgan fingerprint density at radius 2 is 2.00 bits per heavy atom. The average molecular weight is 356 g/mol. The maximum absolute atomic E-state index is 13.7. The quantitative estimate of drug-likeness (QED) is 0.851. The highest BCUT2D eigenvalue weighted by molar-refractivity contribution is 14.1. The lowest BCUT2D eigenvalue weighted by molar-refractivity contribution is 0.530. The van der Waals surface area contributed by atoms with Gasteiger partial charge in [0.15, 0.2) is 0 Å². The summed E-state index contributed by atoms with van der Waals surface area (Å²) < 4.78 is 14.9. The fourth-order valence-corrected chi connectivity index (χ4v) is 2.25. The molecule has 1 heterocycles. The van der Waals surface area contributed by atoms with Crippen molar-refractivity contribution in [3.8, 4) is 0 Å². The van der Waals surface area contributed by atoms with Crippen molar-refractivity contribution in [3.05, 3.63) is 63.2 Å². The molecular formula is C14H14FIN2. The summed E-state index contributed by atoms with van der Waals surface area (Å²) >= 11 is 2.27. The number of benzene rings is 1. The Labute approximate surface area is 120 Å². The van der Waals surface area contributed by atoms with Gasteiger partial charge in [-0.15, -0.1) is 0 Å². The van der Waals surface area contributed by atoms with Crippen molar-refractivity contribution in [2.24, 2.45) is 0 Å². The molecule has 1 N–H and O–H groups in total. The number of halogens is 2. The molecule has 94 valence electrons. The topological polar surface area (TPSA) is 24.9 Å². The SMILES string of the molecule is CNC(Cc1ccc(I)cc1)c1ccncc1F. The smallest absolute Gasteiger partial charge is 0.146 e. The van der Waals surface area contributed by atoms with Crippen molar-refractivity contribution in [2.75, 3.05) is 7.05 Å². The highest BCUT2D eigenvalue weighted by Crippen LogP contribution is 2.20. The minimum Gasteiger partial charge on any atom is -0.313 e. The fraction of sp³-hybridized carbons (Fsp3) is 0.214. The molecular weight excluding hydrogens is 342 g/mol. The molecule has 0 aliphatic rings. The highest BCUT2D eigenvalue weighted by Gasteiger charge is 2.14. The molecule has 2 aromatic rings. The van der Waals surface area contributed by atoms with Gasteiger partial charge in [-0.3, -0.25) is 4.98 Å². The molecule has 0 radical (unpaired) electrons. The molecule has 1 unspecified atom stereocenters. The third kappa shape index (κ3) is 3.26. The van der Waals surface area contributed by atoms with Crippen LogP contribution in [0.1, 0.15) is 17.2 Å². The van der Waals surface area contributed by atoms with E-state index in [4.69, 9.17) is 0 Å². The zero-order valence-corrected chi connectivity index (χ0v) is 12.2. The molecule has 1 aromatic heterocycles. The molecule has 1 atom stereocenters. The van der Waals surface area contributed by atoms with Crippen LogP contribution >= 0.6 is 22.6 Å². The maximum atomic E-state index is 13.7. The van der Waals surface area contributed by atoms with Crippen LogP contribution in [0.15, 0.2) is 42.7 Å². The van der Waals surface area contributed by atoms with Gasteiger partial charge in [-0.05, 0) is 59.8 Å². The van der Waals surface area contributed by atoms with Gasteiger partial charge in [-0.25, -0.2) is 4.39 Å². The van der Waals surface area contributed by atoms with Crippen LogP contribution in [0.5, 0.6) is 0 Å². The zero-order chi connectivity index (χ0) is 13.0. The minimum absolute atomic E-state index is 0.0342. The van der Waals surface area contributed by atoms with Gasteiger partial charge in [0.2, 0.25) is 0 Å². The van der Waals surface area contributed by atoms with Crippen LogP contribution in [0.25, 0.3) is 0 Å². The first-order valence-electron chi connectivity index (χ1n) is 5.72. The summed E-state index contributed by atoms with van der Waals surface area (Å²) in [5.41, 5.74) is 1.84. The molecule has 2 rings (SSSR count). The molecule has 1 aromatic carbocycles. The zero-order valence-electron chi connectivity index (χ0n) is 10.0. The molecule has 0 bridgehead atoms. The molecule has 4 heteroatoms. The molecule has 2 nitrogen and oxygen atoms in total. The molecule has 0 amide bonds. The summed E-state index contributed by atoms with van der Waals surface area (Å²) in [6, 6.07) is 9.96. The largest absolute Gasteiger partial charge is 0.313 e. The predicted octanol–water partition coefficient (Wildman–Crippen LogP) is 3.33. The lowest BCUT2D eigenvalue weighted by Crippen LogP contribution is -2.20. The van der Waals surface area contributed by atoms with Crippen molar-refractivity contribution >= 4 is 22.6 Å². The molecule has 0 spiro atoms. The lowest BCUT2D eigenvalue weighted by Gasteiger charge is -2.17. The normalized spacial score (nSPS) is 12.4. The van der Waals surface area contributed by atoms with Crippen LogP contribution in [0.2, 0.25) is 0 Å². The molecule has 18 heavy (non-hydrogen) atoms. The summed E-state index contributed by atoms with van der Waals surface area (Å²) in [5.74, 6) is -0.262.